The smallest absolute Gasteiger partial charge is 0.147 e. The Bertz CT molecular complexity index is 628. The van der Waals surface area contributed by atoms with Gasteiger partial charge in [-0.2, -0.15) is 0 Å². The summed E-state index contributed by atoms with van der Waals surface area (Å²) in [5, 5.41) is 0.0589. The zero-order chi connectivity index (χ0) is 13.8. The lowest BCUT2D eigenvalue weighted by molar-refractivity contribution is 0.627. The van der Waals surface area contributed by atoms with Gasteiger partial charge >= 0.3 is 0 Å². The molecule has 0 atom stereocenters. The summed E-state index contributed by atoms with van der Waals surface area (Å²) in [6, 6.07) is 7.80. The van der Waals surface area contributed by atoms with E-state index >= 15 is 0 Å². The fourth-order valence-corrected chi connectivity index (χ4v) is 1.72. The van der Waals surface area contributed by atoms with E-state index in [2.05, 4.69) is 9.98 Å². The number of rotatable bonds is 3. The number of nitrogen functional groups attached to an aromatic ring is 1. The fourth-order valence-electron chi connectivity index (χ4n) is 1.52. The average Bonchev–Trinajstić information content (AvgIpc) is 2.40. The summed E-state index contributed by atoms with van der Waals surface area (Å²) < 4.78 is 13.0. The first kappa shape index (κ1) is 13.3. The summed E-state index contributed by atoms with van der Waals surface area (Å²) in [5.74, 6) is -0.227. The number of hydrogen-bond donors (Lipinski definition) is 2. The number of nitrogens with zero attached hydrogens (tertiary/aromatic N) is 2. The Kier molecular flexibility index (Phi) is 3.97. The quantitative estimate of drug-likeness (QED) is 0.668. The highest BCUT2D eigenvalue weighted by molar-refractivity contribution is 6.30. The van der Waals surface area contributed by atoms with Gasteiger partial charge in [-0.25, -0.2) is 4.39 Å². The van der Waals surface area contributed by atoms with Crippen LogP contribution < -0.4 is 11.5 Å². The van der Waals surface area contributed by atoms with Crippen molar-refractivity contribution in [2.45, 2.75) is 6.54 Å². The van der Waals surface area contributed by atoms with Crippen molar-refractivity contribution in [2.75, 3.05) is 5.73 Å². The van der Waals surface area contributed by atoms with Crippen molar-refractivity contribution in [2.24, 2.45) is 10.7 Å². The highest BCUT2D eigenvalue weighted by atomic mass is 35.5. The summed E-state index contributed by atoms with van der Waals surface area (Å²) in [4.78, 5) is 8.22. The van der Waals surface area contributed by atoms with E-state index in [0.29, 0.717) is 11.4 Å². The topological polar surface area (TPSA) is 77.3 Å². The van der Waals surface area contributed by atoms with Crippen LogP contribution in [0.3, 0.4) is 0 Å². The number of hydrogen-bond acceptors (Lipinski definition) is 3. The number of pyridine rings is 1. The van der Waals surface area contributed by atoms with Crippen molar-refractivity contribution in [3.05, 3.63) is 58.6 Å². The minimum Gasteiger partial charge on any atom is -0.397 e. The van der Waals surface area contributed by atoms with Gasteiger partial charge in [0.05, 0.1) is 17.3 Å². The van der Waals surface area contributed by atoms with Crippen LogP contribution in [0.25, 0.3) is 0 Å². The molecule has 1 heterocycles. The highest BCUT2D eigenvalue weighted by Gasteiger charge is 2.05. The Morgan fingerprint density at radius 3 is 2.84 bits per heavy atom. The predicted octanol–water partition coefficient (Wildman–Crippen LogP) is 2.36. The Morgan fingerprint density at radius 2 is 2.16 bits per heavy atom. The van der Waals surface area contributed by atoms with Gasteiger partial charge in [0, 0.05) is 6.20 Å². The third-order valence-electron chi connectivity index (χ3n) is 2.50. The second-order valence-electron chi connectivity index (χ2n) is 3.89. The van der Waals surface area contributed by atoms with E-state index in [1.165, 1.54) is 12.1 Å². The molecule has 0 unspecified atom stereocenters. The van der Waals surface area contributed by atoms with Crippen LogP contribution in [-0.2, 0) is 6.54 Å². The Morgan fingerprint density at radius 1 is 1.37 bits per heavy atom. The molecule has 4 nitrogen and oxygen atoms in total. The number of halogens is 2. The van der Waals surface area contributed by atoms with Gasteiger partial charge in [0.15, 0.2) is 0 Å². The number of nitrogens with two attached hydrogens (primary N) is 2. The van der Waals surface area contributed by atoms with Gasteiger partial charge in [0.25, 0.3) is 0 Å². The molecule has 0 saturated carbocycles. The maximum Gasteiger partial charge on any atom is 0.147 e. The fraction of sp³-hybridized carbons (Fsp3) is 0.0769. The van der Waals surface area contributed by atoms with E-state index in [-0.39, 0.29) is 17.4 Å². The molecule has 19 heavy (non-hydrogen) atoms. The van der Waals surface area contributed by atoms with Gasteiger partial charge in [-0.05, 0) is 29.8 Å². The van der Waals surface area contributed by atoms with E-state index in [1.54, 1.807) is 24.4 Å². The zero-order valence-corrected chi connectivity index (χ0v) is 10.7. The van der Waals surface area contributed by atoms with Crippen LogP contribution in [0.2, 0.25) is 5.02 Å². The maximum absolute atomic E-state index is 13.0. The van der Waals surface area contributed by atoms with Crippen LogP contribution in [0, 0.1) is 5.82 Å². The molecule has 0 spiro atoms. The van der Waals surface area contributed by atoms with Crippen LogP contribution in [0.15, 0.2) is 41.5 Å². The Hall–Kier alpha value is -2.14. The minimum atomic E-state index is -0.462. The first-order valence-electron chi connectivity index (χ1n) is 5.52. The lowest BCUT2D eigenvalue weighted by Gasteiger charge is -2.04. The summed E-state index contributed by atoms with van der Waals surface area (Å²) in [5.41, 5.74) is 13.2. The van der Waals surface area contributed by atoms with Crippen LogP contribution in [-0.4, -0.2) is 10.8 Å². The van der Waals surface area contributed by atoms with Crippen molar-refractivity contribution < 1.29 is 4.39 Å². The lowest BCUT2D eigenvalue weighted by atomic mass is 10.2. The monoisotopic (exact) mass is 278 g/mol. The Balaban J connectivity index is 2.18. The molecule has 0 aliphatic rings. The third kappa shape index (κ3) is 3.20. The maximum atomic E-state index is 13.0. The summed E-state index contributed by atoms with van der Waals surface area (Å²) >= 11 is 5.68. The van der Waals surface area contributed by atoms with Crippen molar-refractivity contribution in [1.82, 2.24) is 4.98 Å². The van der Waals surface area contributed by atoms with Crippen LogP contribution >= 0.6 is 11.6 Å². The van der Waals surface area contributed by atoms with Crippen molar-refractivity contribution in [3.63, 3.8) is 0 Å². The molecule has 0 radical (unpaired) electrons. The van der Waals surface area contributed by atoms with Crippen LogP contribution in [0.1, 0.15) is 11.3 Å². The second-order valence-corrected chi connectivity index (χ2v) is 4.30. The molecule has 4 N–H and O–H groups in total. The molecule has 0 aliphatic carbocycles. The minimum absolute atomic E-state index is 0.0589. The van der Waals surface area contributed by atoms with Gasteiger partial charge in [0.2, 0.25) is 0 Å². The van der Waals surface area contributed by atoms with Gasteiger partial charge in [0.1, 0.15) is 17.3 Å². The normalized spacial score (nSPS) is 11.6. The molecular formula is C13H12ClFN4. The molecule has 0 aliphatic heterocycles. The molecular weight excluding hydrogens is 267 g/mol. The van der Waals surface area contributed by atoms with Gasteiger partial charge in [-0.1, -0.05) is 17.7 Å². The lowest BCUT2D eigenvalue weighted by Crippen LogP contribution is -2.17. The standard InChI is InChI=1S/C13H12ClFN4/c14-9-6-8(3-4-10(9)15)7-19-13(17)12-11(16)2-1-5-18-12/h1-6H,7,16H2,(H2,17,19). The van der Waals surface area contributed by atoms with Crippen LogP contribution in [0.5, 0.6) is 0 Å². The molecule has 98 valence electrons. The van der Waals surface area contributed by atoms with Gasteiger partial charge in [-0.3, -0.25) is 9.98 Å². The third-order valence-corrected chi connectivity index (χ3v) is 2.79. The van der Waals surface area contributed by atoms with Gasteiger partial charge < -0.3 is 11.5 Å². The summed E-state index contributed by atoms with van der Waals surface area (Å²) in [7, 11) is 0. The van der Waals surface area contributed by atoms with Gasteiger partial charge in [-0.15, -0.1) is 0 Å². The molecule has 2 rings (SSSR count). The Labute approximate surface area is 114 Å². The first-order valence-corrected chi connectivity index (χ1v) is 5.90. The van der Waals surface area contributed by atoms with Crippen molar-refractivity contribution in [3.8, 4) is 0 Å². The molecule has 0 fully saturated rings. The molecule has 0 saturated heterocycles. The van der Waals surface area contributed by atoms with Crippen molar-refractivity contribution in [1.29, 1.82) is 0 Å². The number of aromatic nitrogens is 1. The molecule has 1 aromatic heterocycles. The second kappa shape index (κ2) is 5.67. The summed E-state index contributed by atoms with van der Waals surface area (Å²) in [6.45, 7) is 0.280. The summed E-state index contributed by atoms with van der Waals surface area (Å²) in [6.07, 6.45) is 1.59. The van der Waals surface area contributed by atoms with Crippen LogP contribution in [0.4, 0.5) is 10.1 Å². The number of amidine groups is 1. The number of aliphatic imine (C=N–C) groups is 1. The van der Waals surface area contributed by atoms with Crippen molar-refractivity contribution >= 4 is 23.1 Å². The highest BCUT2D eigenvalue weighted by Crippen LogP contribution is 2.16. The van der Waals surface area contributed by atoms with E-state index in [9.17, 15) is 4.39 Å². The first-order chi connectivity index (χ1) is 9.08. The largest absolute Gasteiger partial charge is 0.397 e. The molecule has 0 bridgehead atoms. The molecule has 1 aromatic carbocycles. The average molecular weight is 279 g/mol. The SMILES string of the molecule is NC(=NCc1ccc(F)c(Cl)c1)c1ncccc1N. The van der Waals surface area contributed by atoms with E-state index in [0.717, 1.165) is 5.56 Å². The van der Waals surface area contributed by atoms with E-state index in [1.807, 2.05) is 0 Å². The van der Waals surface area contributed by atoms with E-state index < -0.39 is 5.82 Å². The molecule has 0 amide bonds. The zero-order valence-electron chi connectivity index (χ0n) is 9.98. The number of benzene rings is 1. The molecule has 6 heteroatoms. The van der Waals surface area contributed by atoms with E-state index in [4.69, 9.17) is 23.1 Å². The molecule has 2 aromatic rings. The predicted molar refractivity (Wildman–Crippen MR) is 74.5 cm³/mol. The number of anilines is 1.